The molecule has 1 rings (SSSR count). The molecule has 0 aliphatic carbocycles. The van der Waals surface area contributed by atoms with Gasteiger partial charge in [0.1, 0.15) is 0 Å². The van der Waals surface area contributed by atoms with Gasteiger partial charge in [0, 0.05) is 8.59 Å². The highest BCUT2D eigenvalue weighted by Crippen LogP contribution is 2.19. The van der Waals surface area contributed by atoms with E-state index in [0.29, 0.717) is 10.6 Å². The predicted octanol–water partition coefficient (Wildman–Crippen LogP) is 2.83. The van der Waals surface area contributed by atoms with Crippen molar-refractivity contribution in [1.29, 1.82) is 0 Å². The maximum Gasteiger partial charge on any atom is 0.252 e. The van der Waals surface area contributed by atoms with E-state index in [1.54, 1.807) is 39.0 Å². The summed E-state index contributed by atoms with van der Waals surface area (Å²) in [6, 6.07) is 5.14. The van der Waals surface area contributed by atoms with Gasteiger partial charge in [-0.1, -0.05) is 11.6 Å². The molecule has 0 bridgehead atoms. The number of hydrogen-bond acceptors (Lipinski definition) is 2. The van der Waals surface area contributed by atoms with Crippen LogP contribution in [0.25, 0.3) is 0 Å². The molecule has 0 radical (unpaired) electrons. The fraction of sp³-hybridized carbons (Fsp3) is 0.417. The monoisotopic (exact) mass is 367 g/mol. The van der Waals surface area contributed by atoms with Crippen molar-refractivity contribution in [3.63, 3.8) is 0 Å². The van der Waals surface area contributed by atoms with Gasteiger partial charge in [0.05, 0.1) is 17.2 Å². The molecular formula is C12H15ClINO2. The van der Waals surface area contributed by atoms with E-state index in [1.165, 1.54) is 0 Å². The number of amides is 1. The molecule has 1 aromatic carbocycles. The van der Waals surface area contributed by atoms with E-state index in [0.717, 1.165) is 3.57 Å². The van der Waals surface area contributed by atoms with E-state index >= 15 is 0 Å². The molecule has 0 heterocycles. The summed E-state index contributed by atoms with van der Waals surface area (Å²) in [6.45, 7) is 5.18. The van der Waals surface area contributed by atoms with Crippen molar-refractivity contribution in [3.8, 4) is 0 Å². The van der Waals surface area contributed by atoms with Gasteiger partial charge in [-0.15, -0.1) is 0 Å². The second-order valence-electron chi connectivity index (χ2n) is 4.48. The number of hydrogen-bond donors (Lipinski definition) is 2. The van der Waals surface area contributed by atoms with Crippen LogP contribution in [-0.2, 0) is 0 Å². The second-order valence-corrected chi connectivity index (χ2v) is 6.07. The van der Waals surface area contributed by atoms with Gasteiger partial charge in [0.25, 0.3) is 5.91 Å². The first-order valence-electron chi connectivity index (χ1n) is 5.19. The Morgan fingerprint density at radius 3 is 2.65 bits per heavy atom. The summed E-state index contributed by atoms with van der Waals surface area (Å²) in [5.74, 6) is -0.234. The van der Waals surface area contributed by atoms with Crippen LogP contribution in [0.5, 0.6) is 0 Å². The number of carbonyl (C=O) groups excluding carboxylic acids is 1. The minimum Gasteiger partial charge on any atom is -0.391 e. The molecule has 1 aromatic rings. The number of aliphatic hydroxyl groups is 1. The minimum absolute atomic E-state index is 0.234. The highest BCUT2D eigenvalue weighted by Gasteiger charge is 2.27. The zero-order chi connectivity index (χ0) is 13.2. The number of rotatable bonds is 3. The fourth-order valence-corrected chi connectivity index (χ4v) is 1.89. The Bertz CT molecular complexity index is 433. The molecular weight excluding hydrogens is 352 g/mol. The van der Waals surface area contributed by atoms with Gasteiger partial charge in [-0.3, -0.25) is 4.79 Å². The smallest absolute Gasteiger partial charge is 0.252 e. The summed E-state index contributed by atoms with van der Waals surface area (Å²) in [4.78, 5) is 12.1. The number of benzene rings is 1. The zero-order valence-corrected chi connectivity index (χ0v) is 12.8. The maximum atomic E-state index is 12.1. The molecule has 1 atom stereocenters. The van der Waals surface area contributed by atoms with Crippen LogP contribution in [0.2, 0.25) is 5.02 Å². The molecule has 94 valence electrons. The van der Waals surface area contributed by atoms with Crippen molar-refractivity contribution in [1.82, 2.24) is 5.32 Å². The lowest BCUT2D eigenvalue weighted by molar-refractivity contribution is 0.0708. The van der Waals surface area contributed by atoms with Gasteiger partial charge in [-0.25, -0.2) is 0 Å². The Morgan fingerprint density at radius 2 is 2.12 bits per heavy atom. The first-order valence-corrected chi connectivity index (χ1v) is 6.65. The van der Waals surface area contributed by atoms with E-state index in [2.05, 4.69) is 27.9 Å². The topological polar surface area (TPSA) is 49.3 Å². The van der Waals surface area contributed by atoms with Gasteiger partial charge in [0.2, 0.25) is 0 Å². The van der Waals surface area contributed by atoms with Crippen molar-refractivity contribution in [2.24, 2.45) is 0 Å². The number of halogens is 2. The number of aliphatic hydroxyl groups excluding tert-OH is 1. The van der Waals surface area contributed by atoms with Crippen LogP contribution in [-0.4, -0.2) is 22.7 Å². The first-order chi connectivity index (χ1) is 7.74. The molecule has 0 fully saturated rings. The Kier molecular flexibility index (Phi) is 4.80. The molecule has 0 aromatic heterocycles. The Morgan fingerprint density at radius 1 is 1.53 bits per heavy atom. The predicted molar refractivity (Wildman–Crippen MR) is 77.4 cm³/mol. The van der Waals surface area contributed by atoms with Crippen molar-refractivity contribution in [3.05, 3.63) is 32.4 Å². The zero-order valence-electron chi connectivity index (χ0n) is 9.92. The van der Waals surface area contributed by atoms with Gasteiger partial charge < -0.3 is 10.4 Å². The summed E-state index contributed by atoms with van der Waals surface area (Å²) in [5.41, 5.74) is -0.158. The van der Waals surface area contributed by atoms with Crippen LogP contribution in [0, 0.1) is 3.57 Å². The highest BCUT2D eigenvalue weighted by molar-refractivity contribution is 14.1. The molecule has 5 heteroatoms. The number of carbonyl (C=O) groups is 1. The SMILES string of the molecule is CC(O)C(C)(C)NC(=O)c1cc(Cl)ccc1I. The average Bonchev–Trinajstić information content (AvgIpc) is 2.20. The molecule has 0 spiro atoms. The third kappa shape index (κ3) is 3.82. The van der Waals surface area contributed by atoms with Gasteiger partial charge in [-0.05, 0) is 61.6 Å². The third-order valence-electron chi connectivity index (χ3n) is 2.65. The Labute approximate surface area is 120 Å². The molecule has 1 unspecified atom stereocenters. The quantitative estimate of drug-likeness (QED) is 0.807. The van der Waals surface area contributed by atoms with Crippen molar-refractivity contribution >= 4 is 40.1 Å². The van der Waals surface area contributed by atoms with E-state index in [1.807, 2.05) is 0 Å². The van der Waals surface area contributed by atoms with Crippen LogP contribution in [0.3, 0.4) is 0 Å². The molecule has 0 aliphatic heterocycles. The molecule has 0 saturated carbocycles. The van der Waals surface area contributed by atoms with Crippen LogP contribution in [0.15, 0.2) is 18.2 Å². The van der Waals surface area contributed by atoms with Gasteiger partial charge >= 0.3 is 0 Å². The summed E-state index contributed by atoms with van der Waals surface area (Å²) >= 11 is 7.94. The minimum atomic E-state index is -0.678. The summed E-state index contributed by atoms with van der Waals surface area (Å²) in [7, 11) is 0. The molecule has 1 amide bonds. The Hall–Kier alpha value is -0.330. The summed E-state index contributed by atoms with van der Waals surface area (Å²) in [6.07, 6.45) is -0.636. The van der Waals surface area contributed by atoms with Crippen LogP contribution in [0.1, 0.15) is 31.1 Å². The lowest BCUT2D eigenvalue weighted by atomic mass is 9.98. The first kappa shape index (κ1) is 14.7. The Balaban J connectivity index is 2.94. The van der Waals surface area contributed by atoms with Gasteiger partial charge in [-0.2, -0.15) is 0 Å². The number of nitrogens with one attached hydrogen (secondary N) is 1. The van der Waals surface area contributed by atoms with E-state index < -0.39 is 11.6 Å². The third-order valence-corrected chi connectivity index (χ3v) is 3.83. The van der Waals surface area contributed by atoms with Crippen LogP contribution < -0.4 is 5.32 Å². The van der Waals surface area contributed by atoms with E-state index in [-0.39, 0.29) is 5.91 Å². The molecule has 0 saturated heterocycles. The summed E-state index contributed by atoms with van der Waals surface area (Å²) in [5, 5.41) is 12.9. The van der Waals surface area contributed by atoms with Crippen molar-refractivity contribution in [2.45, 2.75) is 32.4 Å². The normalized spacial score (nSPS) is 13.3. The van der Waals surface area contributed by atoms with E-state index in [4.69, 9.17) is 11.6 Å². The molecule has 0 aliphatic rings. The van der Waals surface area contributed by atoms with E-state index in [9.17, 15) is 9.90 Å². The van der Waals surface area contributed by atoms with Crippen LogP contribution in [0.4, 0.5) is 0 Å². The van der Waals surface area contributed by atoms with Crippen molar-refractivity contribution < 1.29 is 9.90 Å². The molecule has 2 N–H and O–H groups in total. The maximum absolute atomic E-state index is 12.1. The summed E-state index contributed by atoms with van der Waals surface area (Å²) < 4.78 is 0.825. The molecule has 17 heavy (non-hydrogen) atoms. The standard InChI is InChI=1S/C12H15ClINO2/c1-7(16)12(2,3)15-11(17)9-6-8(13)4-5-10(9)14/h4-7,16H,1-3H3,(H,15,17). The van der Waals surface area contributed by atoms with Gasteiger partial charge in [0.15, 0.2) is 0 Å². The largest absolute Gasteiger partial charge is 0.391 e. The van der Waals surface area contributed by atoms with Crippen molar-refractivity contribution in [2.75, 3.05) is 0 Å². The highest BCUT2D eigenvalue weighted by atomic mass is 127. The average molecular weight is 368 g/mol. The fourth-order valence-electron chi connectivity index (χ4n) is 1.14. The lowest BCUT2D eigenvalue weighted by Gasteiger charge is -2.29. The molecule has 3 nitrogen and oxygen atoms in total. The second kappa shape index (κ2) is 5.54. The van der Waals surface area contributed by atoms with Crippen LogP contribution >= 0.6 is 34.2 Å². The lowest BCUT2D eigenvalue weighted by Crippen LogP contribution is -2.51.